The molecule has 188 valence electrons. The van der Waals surface area contributed by atoms with E-state index in [4.69, 9.17) is 4.74 Å². The molecule has 0 aliphatic heterocycles. The third-order valence-electron chi connectivity index (χ3n) is 6.44. The van der Waals surface area contributed by atoms with Gasteiger partial charge in [-0.05, 0) is 61.9 Å². The van der Waals surface area contributed by atoms with Crippen LogP contribution in [0.15, 0.2) is 40.6 Å². The van der Waals surface area contributed by atoms with Crippen LogP contribution in [0.3, 0.4) is 0 Å². The normalized spacial score (nSPS) is 12.0. The SMILES string of the molecule is CCCCCCCCCCCCOc1c(C)cc(/N=N/c2ccc(C)cc2C)cc1C(C)(C)C. The molecular weight excluding hydrogens is 416 g/mol. The number of unbranched alkanes of at least 4 members (excludes halogenated alkanes) is 9. The van der Waals surface area contributed by atoms with Crippen LogP contribution in [0, 0.1) is 20.8 Å². The molecule has 0 radical (unpaired) electrons. The van der Waals surface area contributed by atoms with E-state index in [2.05, 4.69) is 83.0 Å². The number of ether oxygens (including phenoxy) is 1. The van der Waals surface area contributed by atoms with E-state index in [0.717, 1.165) is 41.3 Å². The quantitative estimate of drug-likeness (QED) is 0.202. The van der Waals surface area contributed by atoms with E-state index in [1.54, 1.807) is 0 Å². The van der Waals surface area contributed by atoms with Gasteiger partial charge >= 0.3 is 0 Å². The van der Waals surface area contributed by atoms with Crippen LogP contribution in [0.2, 0.25) is 0 Å². The maximum absolute atomic E-state index is 6.34. The lowest BCUT2D eigenvalue weighted by atomic mass is 9.85. The highest BCUT2D eigenvalue weighted by Crippen LogP contribution is 2.38. The lowest BCUT2D eigenvalue weighted by Crippen LogP contribution is -2.14. The molecular formula is C31H48N2O. The molecule has 0 saturated heterocycles. The topological polar surface area (TPSA) is 34.0 Å². The van der Waals surface area contributed by atoms with Gasteiger partial charge in [0.2, 0.25) is 0 Å². The van der Waals surface area contributed by atoms with Crippen LogP contribution >= 0.6 is 0 Å². The first kappa shape index (κ1) is 28.1. The minimum absolute atomic E-state index is 0.0246. The number of benzene rings is 2. The summed E-state index contributed by atoms with van der Waals surface area (Å²) in [6.07, 6.45) is 13.4. The second-order valence-corrected chi connectivity index (χ2v) is 10.9. The first-order valence-corrected chi connectivity index (χ1v) is 13.5. The summed E-state index contributed by atoms with van der Waals surface area (Å²) in [6.45, 7) is 16.1. The molecule has 0 unspecified atom stereocenters. The average Bonchev–Trinajstić information content (AvgIpc) is 2.77. The fourth-order valence-corrected chi connectivity index (χ4v) is 4.35. The van der Waals surface area contributed by atoms with E-state index in [0.29, 0.717) is 0 Å². The Balaban J connectivity index is 1.92. The summed E-state index contributed by atoms with van der Waals surface area (Å²) in [7, 11) is 0. The second kappa shape index (κ2) is 14.3. The van der Waals surface area contributed by atoms with Crippen molar-refractivity contribution < 1.29 is 4.74 Å². The number of hydrogen-bond donors (Lipinski definition) is 0. The zero-order chi connectivity index (χ0) is 25.0. The Labute approximate surface area is 209 Å². The van der Waals surface area contributed by atoms with Crippen molar-refractivity contribution in [2.75, 3.05) is 6.61 Å². The molecule has 2 aromatic rings. The molecule has 0 bridgehead atoms. The Bertz CT molecular complexity index is 908. The molecule has 2 rings (SSSR count). The number of aryl methyl sites for hydroxylation is 3. The Morgan fingerprint density at radius 2 is 1.32 bits per heavy atom. The first-order valence-electron chi connectivity index (χ1n) is 13.5. The number of azo groups is 1. The molecule has 0 aliphatic carbocycles. The van der Waals surface area contributed by atoms with E-state index in [-0.39, 0.29) is 5.41 Å². The Hall–Kier alpha value is -2.16. The van der Waals surface area contributed by atoms with Crippen molar-refractivity contribution in [2.24, 2.45) is 10.2 Å². The van der Waals surface area contributed by atoms with Crippen LogP contribution in [0.1, 0.15) is 114 Å². The Morgan fingerprint density at radius 1 is 0.706 bits per heavy atom. The van der Waals surface area contributed by atoms with Crippen molar-refractivity contribution in [3.05, 3.63) is 52.6 Å². The van der Waals surface area contributed by atoms with Gasteiger partial charge < -0.3 is 4.74 Å². The maximum Gasteiger partial charge on any atom is 0.126 e. The maximum atomic E-state index is 6.34. The minimum Gasteiger partial charge on any atom is -0.493 e. The Kier molecular flexibility index (Phi) is 11.8. The number of rotatable bonds is 14. The van der Waals surface area contributed by atoms with E-state index >= 15 is 0 Å². The molecule has 0 N–H and O–H groups in total. The average molecular weight is 465 g/mol. The molecule has 3 nitrogen and oxygen atoms in total. The monoisotopic (exact) mass is 464 g/mol. The van der Waals surface area contributed by atoms with Gasteiger partial charge in [-0.1, -0.05) is 103 Å². The molecule has 0 aliphatic rings. The highest BCUT2D eigenvalue weighted by atomic mass is 16.5. The summed E-state index contributed by atoms with van der Waals surface area (Å²) < 4.78 is 6.34. The molecule has 0 fully saturated rings. The van der Waals surface area contributed by atoms with Gasteiger partial charge in [0.25, 0.3) is 0 Å². The molecule has 2 aromatic carbocycles. The first-order chi connectivity index (χ1) is 16.2. The summed E-state index contributed by atoms with van der Waals surface area (Å²) in [4.78, 5) is 0. The van der Waals surface area contributed by atoms with Crippen LogP contribution in [-0.4, -0.2) is 6.61 Å². The summed E-state index contributed by atoms with van der Waals surface area (Å²) in [5.74, 6) is 1.02. The molecule has 3 heteroatoms. The molecule has 0 atom stereocenters. The van der Waals surface area contributed by atoms with E-state index in [9.17, 15) is 0 Å². The summed E-state index contributed by atoms with van der Waals surface area (Å²) >= 11 is 0. The van der Waals surface area contributed by atoms with Gasteiger partial charge in [0.15, 0.2) is 0 Å². The van der Waals surface area contributed by atoms with Gasteiger partial charge in [0.1, 0.15) is 5.75 Å². The third kappa shape index (κ3) is 9.60. The highest BCUT2D eigenvalue weighted by molar-refractivity contribution is 5.55. The van der Waals surface area contributed by atoms with Crippen molar-refractivity contribution in [1.82, 2.24) is 0 Å². The summed E-state index contributed by atoms with van der Waals surface area (Å²) in [5, 5.41) is 9.10. The lowest BCUT2D eigenvalue weighted by Gasteiger charge is -2.25. The highest BCUT2D eigenvalue weighted by Gasteiger charge is 2.22. The van der Waals surface area contributed by atoms with Gasteiger partial charge in [-0.25, -0.2) is 0 Å². The van der Waals surface area contributed by atoms with Gasteiger partial charge in [-0.2, -0.15) is 10.2 Å². The van der Waals surface area contributed by atoms with Gasteiger partial charge in [-0.15, -0.1) is 0 Å². The summed E-state index contributed by atoms with van der Waals surface area (Å²) in [6, 6.07) is 10.5. The number of hydrogen-bond acceptors (Lipinski definition) is 3. The largest absolute Gasteiger partial charge is 0.493 e. The molecule has 0 amide bonds. The zero-order valence-electron chi connectivity index (χ0n) is 23.0. The smallest absolute Gasteiger partial charge is 0.126 e. The van der Waals surface area contributed by atoms with Crippen LogP contribution < -0.4 is 4.74 Å². The van der Waals surface area contributed by atoms with Crippen molar-refractivity contribution >= 4 is 11.4 Å². The van der Waals surface area contributed by atoms with Crippen LogP contribution in [0.5, 0.6) is 5.75 Å². The zero-order valence-corrected chi connectivity index (χ0v) is 23.0. The predicted octanol–water partition coefficient (Wildman–Crippen LogP) is 10.6. The van der Waals surface area contributed by atoms with Crippen LogP contribution in [0.4, 0.5) is 11.4 Å². The third-order valence-corrected chi connectivity index (χ3v) is 6.44. The van der Waals surface area contributed by atoms with Crippen molar-refractivity contribution in [2.45, 2.75) is 118 Å². The second-order valence-electron chi connectivity index (χ2n) is 10.9. The van der Waals surface area contributed by atoms with Crippen molar-refractivity contribution in [3.8, 4) is 5.75 Å². The van der Waals surface area contributed by atoms with E-state index in [1.165, 1.54) is 68.9 Å². The van der Waals surface area contributed by atoms with Gasteiger partial charge in [-0.3, -0.25) is 0 Å². The molecule has 0 heterocycles. The van der Waals surface area contributed by atoms with E-state index < -0.39 is 0 Å². The van der Waals surface area contributed by atoms with Crippen LogP contribution in [0.25, 0.3) is 0 Å². The molecule has 0 spiro atoms. The predicted molar refractivity (Wildman–Crippen MR) is 147 cm³/mol. The van der Waals surface area contributed by atoms with Crippen molar-refractivity contribution in [3.63, 3.8) is 0 Å². The minimum atomic E-state index is -0.0246. The number of nitrogens with zero attached hydrogens (tertiary/aromatic N) is 2. The summed E-state index contributed by atoms with van der Waals surface area (Å²) in [5.41, 5.74) is 6.50. The van der Waals surface area contributed by atoms with Gasteiger partial charge in [0, 0.05) is 5.56 Å². The van der Waals surface area contributed by atoms with Crippen LogP contribution in [-0.2, 0) is 5.41 Å². The molecule has 0 aromatic heterocycles. The lowest BCUT2D eigenvalue weighted by molar-refractivity contribution is 0.294. The fourth-order valence-electron chi connectivity index (χ4n) is 4.35. The molecule has 34 heavy (non-hydrogen) atoms. The fraction of sp³-hybridized carbons (Fsp3) is 0.613. The van der Waals surface area contributed by atoms with Gasteiger partial charge in [0.05, 0.1) is 18.0 Å². The Morgan fingerprint density at radius 3 is 1.91 bits per heavy atom. The van der Waals surface area contributed by atoms with E-state index in [1.807, 2.05) is 6.07 Å². The molecule has 0 saturated carbocycles. The standard InChI is InChI=1S/C31H48N2O/c1-8-9-10-11-12-13-14-15-16-17-20-34-30-26(4)22-27(23-28(30)31(5,6)7)32-33-29-19-18-24(2)21-25(29)3/h18-19,21-23H,8-17,20H2,1-7H3/b33-32+. The van der Waals surface area contributed by atoms with Crippen molar-refractivity contribution in [1.29, 1.82) is 0 Å².